The van der Waals surface area contributed by atoms with Gasteiger partial charge in [-0.15, -0.1) is 0 Å². The number of nitrogens with zero attached hydrogens (tertiary/aromatic N) is 1. The van der Waals surface area contributed by atoms with Crippen LogP contribution >= 0.6 is 0 Å². The van der Waals surface area contributed by atoms with Gasteiger partial charge in [0, 0.05) is 23.0 Å². The first-order valence-electron chi connectivity index (χ1n) is 10.8. The van der Waals surface area contributed by atoms with Gasteiger partial charge in [-0.2, -0.15) is 0 Å². The molecule has 0 unspecified atom stereocenters. The number of aromatic nitrogens is 1. The monoisotopic (exact) mass is 450 g/mol. The fourth-order valence-corrected chi connectivity index (χ4v) is 4.58. The smallest absolute Gasteiger partial charge is 0.411 e. The Hall–Kier alpha value is -3.68. The van der Waals surface area contributed by atoms with E-state index in [1.807, 2.05) is 42.5 Å². The number of nitrogens with one attached hydrogen (secondary N) is 1. The van der Waals surface area contributed by atoms with Crippen LogP contribution in [0.3, 0.4) is 0 Å². The predicted octanol–water partition coefficient (Wildman–Crippen LogP) is 4.32. The molecule has 1 aromatic heterocycles. The maximum absolute atomic E-state index is 13.5. The van der Waals surface area contributed by atoms with Crippen LogP contribution in [0.5, 0.6) is 11.5 Å². The van der Waals surface area contributed by atoms with E-state index in [9.17, 15) is 9.59 Å². The molecule has 5 rings (SSSR count). The Morgan fingerprint density at radius 1 is 1.09 bits per heavy atom. The first kappa shape index (κ1) is 21.2. The lowest BCUT2D eigenvalue weighted by Crippen LogP contribution is -2.53. The third-order valence-electron chi connectivity index (χ3n) is 5.92. The highest BCUT2D eigenvalue weighted by Gasteiger charge is 2.46. The van der Waals surface area contributed by atoms with E-state index >= 15 is 0 Å². The average molecular weight is 450 g/mol. The standard InChI is InChI=1S/C25H26N2O6/c1-25(2,3)33-24(29)27-18(23(28)30-4)12-16-15-7-5-6-8-17(15)26-21(16)22(27)14-9-10-19-20(11-14)32-13-31-19/h5-11,18,22,26H,12-13H2,1-4H3/t18-,22-/m0/s1. The number of ether oxygens (including phenoxy) is 4. The topological polar surface area (TPSA) is 90.1 Å². The molecule has 2 aliphatic heterocycles. The van der Waals surface area contributed by atoms with Gasteiger partial charge in [0.25, 0.3) is 0 Å². The zero-order valence-electron chi connectivity index (χ0n) is 19.0. The number of aromatic amines is 1. The predicted molar refractivity (Wildman–Crippen MR) is 120 cm³/mol. The van der Waals surface area contributed by atoms with Crippen molar-refractivity contribution in [1.82, 2.24) is 9.88 Å². The quantitative estimate of drug-likeness (QED) is 0.585. The van der Waals surface area contributed by atoms with E-state index in [0.717, 1.165) is 27.7 Å². The van der Waals surface area contributed by atoms with Crippen LogP contribution in [-0.2, 0) is 20.7 Å². The van der Waals surface area contributed by atoms with Gasteiger partial charge < -0.3 is 23.9 Å². The summed E-state index contributed by atoms with van der Waals surface area (Å²) >= 11 is 0. The summed E-state index contributed by atoms with van der Waals surface area (Å²) in [5, 5.41) is 1.01. The van der Waals surface area contributed by atoms with E-state index < -0.39 is 29.7 Å². The minimum Gasteiger partial charge on any atom is -0.467 e. The second-order valence-electron chi connectivity index (χ2n) is 9.21. The number of para-hydroxylation sites is 1. The van der Waals surface area contributed by atoms with Crippen molar-refractivity contribution >= 4 is 23.0 Å². The van der Waals surface area contributed by atoms with Crippen molar-refractivity contribution < 1.29 is 28.5 Å². The summed E-state index contributed by atoms with van der Waals surface area (Å²) in [6, 6.07) is 12.0. The maximum atomic E-state index is 13.5. The van der Waals surface area contributed by atoms with Gasteiger partial charge in [0.05, 0.1) is 7.11 Å². The molecule has 0 aliphatic carbocycles. The minimum absolute atomic E-state index is 0.141. The fraction of sp³-hybridized carbons (Fsp3) is 0.360. The Morgan fingerprint density at radius 2 is 1.85 bits per heavy atom. The zero-order valence-corrected chi connectivity index (χ0v) is 19.0. The van der Waals surface area contributed by atoms with E-state index in [1.165, 1.54) is 12.0 Å². The van der Waals surface area contributed by atoms with Crippen LogP contribution < -0.4 is 9.47 Å². The van der Waals surface area contributed by atoms with Crippen molar-refractivity contribution in [1.29, 1.82) is 0 Å². The molecule has 0 saturated carbocycles. The second-order valence-corrected chi connectivity index (χ2v) is 9.21. The number of hydrogen-bond acceptors (Lipinski definition) is 6. The molecule has 1 amide bonds. The van der Waals surface area contributed by atoms with Crippen LogP contribution in [-0.4, -0.2) is 47.5 Å². The average Bonchev–Trinajstić information content (AvgIpc) is 3.39. The number of carbonyl (C=O) groups excluding carboxylic acids is 2. The van der Waals surface area contributed by atoms with Gasteiger partial charge >= 0.3 is 12.1 Å². The highest BCUT2D eigenvalue weighted by molar-refractivity contribution is 5.89. The van der Waals surface area contributed by atoms with Crippen molar-refractivity contribution in [3.8, 4) is 11.5 Å². The Kier molecular flexibility index (Phi) is 4.96. The Morgan fingerprint density at radius 3 is 2.61 bits per heavy atom. The van der Waals surface area contributed by atoms with Crippen molar-refractivity contribution in [3.05, 3.63) is 59.3 Å². The largest absolute Gasteiger partial charge is 0.467 e. The van der Waals surface area contributed by atoms with Crippen LogP contribution in [0.4, 0.5) is 4.79 Å². The van der Waals surface area contributed by atoms with Gasteiger partial charge in [-0.25, -0.2) is 9.59 Å². The van der Waals surface area contributed by atoms with Crippen LogP contribution in [0.25, 0.3) is 10.9 Å². The summed E-state index contributed by atoms with van der Waals surface area (Å²) < 4.78 is 21.9. The van der Waals surface area contributed by atoms with Crippen molar-refractivity contribution in [2.75, 3.05) is 13.9 Å². The number of benzene rings is 2. The summed E-state index contributed by atoms with van der Waals surface area (Å²) in [5.41, 5.74) is 2.77. The molecule has 2 aromatic carbocycles. The van der Waals surface area contributed by atoms with E-state index in [1.54, 1.807) is 20.8 Å². The molecule has 0 bridgehead atoms. The molecule has 0 saturated heterocycles. The molecule has 2 aliphatic rings. The molecular weight excluding hydrogens is 424 g/mol. The number of amides is 1. The first-order chi connectivity index (χ1) is 15.8. The molecule has 0 fully saturated rings. The molecule has 0 radical (unpaired) electrons. The molecule has 172 valence electrons. The van der Waals surface area contributed by atoms with E-state index in [2.05, 4.69) is 4.98 Å². The number of esters is 1. The molecule has 2 atom stereocenters. The van der Waals surface area contributed by atoms with Gasteiger partial charge in [0.2, 0.25) is 6.79 Å². The molecule has 0 spiro atoms. The number of hydrogen-bond donors (Lipinski definition) is 1. The molecule has 3 heterocycles. The number of fused-ring (bicyclic) bond motifs is 4. The van der Waals surface area contributed by atoms with Gasteiger partial charge in [0.1, 0.15) is 17.7 Å². The van der Waals surface area contributed by atoms with Gasteiger partial charge in [-0.1, -0.05) is 24.3 Å². The normalized spacial score (nSPS) is 19.3. The van der Waals surface area contributed by atoms with Gasteiger partial charge in [-0.05, 0) is 50.1 Å². The van der Waals surface area contributed by atoms with E-state index in [0.29, 0.717) is 17.9 Å². The number of rotatable bonds is 2. The SMILES string of the molecule is COC(=O)[C@@H]1Cc2c([nH]c3ccccc23)[C@H](c2ccc3c(c2)OCO3)N1C(=O)OC(C)(C)C. The maximum Gasteiger partial charge on any atom is 0.411 e. The minimum atomic E-state index is -0.855. The molecule has 1 N–H and O–H groups in total. The van der Waals surface area contributed by atoms with Crippen molar-refractivity contribution in [3.63, 3.8) is 0 Å². The summed E-state index contributed by atoms with van der Waals surface area (Å²) in [4.78, 5) is 31.4. The lowest BCUT2D eigenvalue weighted by molar-refractivity contribution is -0.148. The lowest BCUT2D eigenvalue weighted by atomic mass is 9.88. The summed E-state index contributed by atoms with van der Waals surface area (Å²) in [7, 11) is 1.33. The molecule has 3 aromatic rings. The third-order valence-corrected chi connectivity index (χ3v) is 5.92. The Labute approximate surface area is 191 Å². The third kappa shape index (κ3) is 3.65. The first-order valence-corrected chi connectivity index (χ1v) is 10.8. The zero-order chi connectivity index (χ0) is 23.3. The second kappa shape index (κ2) is 7.72. The van der Waals surface area contributed by atoms with Crippen LogP contribution in [0.15, 0.2) is 42.5 Å². The van der Waals surface area contributed by atoms with Crippen LogP contribution in [0.1, 0.15) is 43.6 Å². The lowest BCUT2D eigenvalue weighted by Gasteiger charge is -2.41. The summed E-state index contributed by atoms with van der Waals surface area (Å²) in [6.07, 6.45) is -0.281. The molecule has 33 heavy (non-hydrogen) atoms. The van der Waals surface area contributed by atoms with Crippen molar-refractivity contribution in [2.24, 2.45) is 0 Å². The highest BCUT2D eigenvalue weighted by atomic mass is 16.7. The Balaban J connectivity index is 1.72. The molecular formula is C25H26N2O6. The van der Waals surface area contributed by atoms with E-state index in [4.69, 9.17) is 18.9 Å². The van der Waals surface area contributed by atoms with Gasteiger partial charge in [-0.3, -0.25) is 4.90 Å². The van der Waals surface area contributed by atoms with Crippen LogP contribution in [0.2, 0.25) is 0 Å². The highest BCUT2D eigenvalue weighted by Crippen LogP contribution is 2.44. The number of carbonyl (C=O) groups is 2. The van der Waals surface area contributed by atoms with Crippen molar-refractivity contribution in [2.45, 2.75) is 44.9 Å². The number of H-pyrrole nitrogens is 1. The van der Waals surface area contributed by atoms with Crippen LogP contribution in [0, 0.1) is 0 Å². The van der Waals surface area contributed by atoms with Gasteiger partial charge in [0.15, 0.2) is 11.5 Å². The van der Waals surface area contributed by atoms with E-state index in [-0.39, 0.29) is 6.79 Å². The molecule has 8 heteroatoms. The summed E-state index contributed by atoms with van der Waals surface area (Å²) in [6.45, 7) is 5.53. The molecule has 8 nitrogen and oxygen atoms in total. The fourth-order valence-electron chi connectivity index (χ4n) is 4.58. The summed E-state index contributed by atoms with van der Waals surface area (Å²) in [5.74, 6) is 0.733. The Bertz CT molecular complexity index is 1240. The number of methoxy groups -OCH3 is 1.